The molecule has 0 aliphatic heterocycles. The first-order chi connectivity index (χ1) is 28.1. The molecule has 2 heterocycles. The van der Waals surface area contributed by atoms with Crippen molar-refractivity contribution in [3.05, 3.63) is 144 Å². The van der Waals surface area contributed by atoms with E-state index in [1.807, 2.05) is 97.1 Å². The molecule has 0 amide bonds. The quantitative estimate of drug-likeness (QED) is 0.1000. The molecule has 59 heavy (non-hydrogen) atoms. The average molecular weight is 845 g/mol. The summed E-state index contributed by atoms with van der Waals surface area (Å²) in [6, 6.07) is 32.4. The van der Waals surface area contributed by atoms with Gasteiger partial charge in [-0.05, 0) is 88.3 Å². The van der Waals surface area contributed by atoms with Crippen LogP contribution < -0.4 is 18.9 Å². The second kappa shape index (κ2) is 19.8. The number of ether oxygens (including phenoxy) is 4. The molecule has 0 fully saturated rings. The number of hydrogen-bond donors (Lipinski definition) is 1. The molecule has 0 unspecified atom stereocenters. The Kier molecular flexibility index (Phi) is 14.9. The van der Waals surface area contributed by atoms with Gasteiger partial charge in [0.1, 0.15) is 23.0 Å². The number of aromatic nitrogens is 4. The SMILES string of the molecule is COc1ccc(CN(Cc2ccc(OC)cc2)S(=O)(=O)c2ccn(CC(C)(C)C)n2)cc1.COc1ccc(CN(Cc2ccc(OC)cc2)S(=O)(=O)c2ccn[nH]2)cc1. The molecule has 0 radical (unpaired) electrons. The summed E-state index contributed by atoms with van der Waals surface area (Å²) in [6.45, 7) is 7.75. The third kappa shape index (κ3) is 12.4. The Morgan fingerprint density at radius 2 is 0.898 bits per heavy atom. The van der Waals surface area contributed by atoms with Crippen molar-refractivity contribution in [2.75, 3.05) is 28.4 Å². The minimum atomic E-state index is -3.82. The fourth-order valence-electron chi connectivity index (χ4n) is 5.90. The first kappa shape index (κ1) is 44.4. The van der Waals surface area contributed by atoms with Crippen LogP contribution in [0.5, 0.6) is 23.0 Å². The number of benzene rings is 4. The fraction of sp³-hybridized carbons (Fsp3) is 0.302. The van der Waals surface area contributed by atoms with Gasteiger partial charge in [0.15, 0.2) is 10.1 Å². The first-order valence-corrected chi connectivity index (χ1v) is 21.6. The van der Waals surface area contributed by atoms with E-state index in [0.717, 1.165) is 45.3 Å². The van der Waals surface area contributed by atoms with Crippen molar-refractivity contribution in [1.29, 1.82) is 0 Å². The molecule has 0 saturated carbocycles. The van der Waals surface area contributed by atoms with Crippen LogP contribution in [0.25, 0.3) is 0 Å². The summed E-state index contributed by atoms with van der Waals surface area (Å²) >= 11 is 0. The predicted octanol–water partition coefficient (Wildman–Crippen LogP) is 7.16. The smallest absolute Gasteiger partial charge is 0.262 e. The molecule has 14 nitrogen and oxygen atoms in total. The molecule has 0 bridgehead atoms. The fourth-order valence-corrected chi connectivity index (χ4v) is 8.56. The zero-order valence-corrected chi connectivity index (χ0v) is 36.0. The lowest BCUT2D eigenvalue weighted by Gasteiger charge is -2.22. The summed E-state index contributed by atoms with van der Waals surface area (Å²) in [7, 11) is -1.17. The topological polar surface area (TPSA) is 158 Å². The largest absolute Gasteiger partial charge is 0.497 e. The summed E-state index contributed by atoms with van der Waals surface area (Å²) in [5, 5.41) is 10.8. The summed E-state index contributed by atoms with van der Waals surface area (Å²) in [5.41, 5.74) is 3.41. The van der Waals surface area contributed by atoms with Gasteiger partial charge < -0.3 is 18.9 Å². The van der Waals surface area contributed by atoms with Crippen molar-refractivity contribution in [2.24, 2.45) is 5.41 Å². The minimum absolute atomic E-state index is 0.0150. The molecule has 6 aromatic rings. The Bertz CT molecular complexity index is 2320. The van der Waals surface area contributed by atoms with Crippen LogP contribution >= 0.6 is 0 Å². The van der Waals surface area contributed by atoms with Crippen LogP contribution in [0.3, 0.4) is 0 Å². The van der Waals surface area contributed by atoms with E-state index >= 15 is 0 Å². The highest BCUT2D eigenvalue weighted by Crippen LogP contribution is 2.25. The molecule has 4 aromatic carbocycles. The number of nitrogens with one attached hydrogen (secondary N) is 1. The number of methoxy groups -OCH3 is 4. The van der Waals surface area contributed by atoms with Crippen molar-refractivity contribution < 1.29 is 35.8 Å². The van der Waals surface area contributed by atoms with E-state index in [9.17, 15) is 16.8 Å². The maximum absolute atomic E-state index is 13.6. The van der Waals surface area contributed by atoms with Crippen LogP contribution in [-0.2, 0) is 52.8 Å². The second-order valence-electron chi connectivity index (χ2n) is 14.8. The maximum atomic E-state index is 13.6. The number of aromatic amines is 1. The molecule has 6 rings (SSSR count). The van der Waals surface area contributed by atoms with Gasteiger partial charge >= 0.3 is 0 Å². The van der Waals surface area contributed by atoms with Crippen molar-refractivity contribution in [3.63, 3.8) is 0 Å². The van der Waals surface area contributed by atoms with Gasteiger partial charge in [-0.3, -0.25) is 9.78 Å². The molecule has 0 atom stereocenters. The number of hydrogen-bond acceptors (Lipinski definition) is 10. The van der Waals surface area contributed by atoms with Gasteiger partial charge in [0.05, 0.1) is 34.6 Å². The summed E-state index contributed by atoms with van der Waals surface area (Å²) < 4.78 is 78.5. The number of nitrogens with zero attached hydrogens (tertiary/aromatic N) is 5. The molecular formula is C43H52N6O8S2. The van der Waals surface area contributed by atoms with E-state index < -0.39 is 20.0 Å². The van der Waals surface area contributed by atoms with Gasteiger partial charge in [-0.2, -0.15) is 18.8 Å². The van der Waals surface area contributed by atoms with Gasteiger partial charge in [-0.1, -0.05) is 69.3 Å². The van der Waals surface area contributed by atoms with Crippen LogP contribution in [-0.4, -0.2) is 73.9 Å². The molecular weight excluding hydrogens is 793 g/mol. The third-order valence-electron chi connectivity index (χ3n) is 9.02. The molecule has 1 N–H and O–H groups in total. The summed E-state index contributed by atoms with van der Waals surface area (Å²) in [5.74, 6) is 2.88. The molecule has 2 aromatic heterocycles. The van der Waals surface area contributed by atoms with Crippen LogP contribution in [0.4, 0.5) is 0 Å². The van der Waals surface area contributed by atoms with Crippen LogP contribution in [0.1, 0.15) is 43.0 Å². The zero-order chi connectivity index (χ0) is 42.6. The summed E-state index contributed by atoms with van der Waals surface area (Å²) in [6.07, 6.45) is 3.14. The first-order valence-electron chi connectivity index (χ1n) is 18.7. The average Bonchev–Trinajstić information content (AvgIpc) is 3.95. The van der Waals surface area contributed by atoms with Crippen molar-refractivity contribution in [3.8, 4) is 23.0 Å². The van der Waals surface area contributed by atoms with Gasteiger partial charge in [-0.25, -0.2) is 16.8 Å². The monoisotopic (exact) mass is 844 g/mol. The maximum Gasteiger partial charge on any atom is 0.262 e. The molecule has 0 saturated heterocycles. The van der Waals surface area contributed by atoms with Crippen LogP contribution in [0, 0.1) is 5.41 Å². The van der Waals surface area contributed by atoms with Crippen LogP contribution in [0.2, 0.25) is 0 Å². The van der Waals surface area contributed by atoms with E-state index in [0.29, 0.717) is 6.54 Å². The van der Waals surface area contributed by atoms with E-state index in [2.05, 4.69) is 36.1 Å². The molecule has 0 aliphatic carbocycles. The Hall–Kier alpha value is -5.68. The highest BCUT2D eigenvalue weighted by molar-refractivity contribution is 7.89. The normalized spacial score (nSPS) is 11.9. The lowest BCUT2D eigenvalue weighted by atomic mass is 9.97. The zero-order valence-electron chi connectivity index (χ0n) is 34.4. The second-order valence-corrected chi connectivity index (χ2v) is 18.6. The van der Waals surface area contributed by atoms with Crippen molar-refractivity contribution in [2.45, 2.75) is 63.5 Å². The Balaban J connectivity index is 0.000000227. The van der Waals surface area contributed by atoms with Crippen molar-refractivity contribution in [1.82, 2.24) is 28.6 Å². The van der Waals surface area contributed by atoms with Crippen molar-refractivity contribution >= 4 is 20.0 Å². The van der Waals surface area contributed by atoms with E-state index in [4.69, 9.17) is 18.9 Å². The Morgan fingerprint density at radius 3 is 1.20 bits per heavy atom. The predicted molar refractivity (Wildman–Crippen MR) is 225 cm³/mol. The lowest BCUT2D eigenvalue weighted by Crippen LogP contribution is -2.31. The Morgan fingerprint density at radius 1 is 0.542 bits per heavy atom. The van der Waals surface area contributed by atoms with Gasteiger partial charge in [0.2, 0.25) is 0 Å². The van der Waals surface area contributed by atoms with E-state index in [1.165, 1.54) is 20.9 Å². The Labute approximate surface area is 347 Å². The van der Waals surface area contributed by atoms with Gasteiger partial charge in [0.25, 0.3) is 20.0 Å². The van der Waals surface area contributed by atoms with Crippen LogP contribution in [0.15, 0.2) is 132 Å². The lowest BCUT2D eigenvalue weighted by molar-refractivity contribution is 0.321. The highest BCUT2D eigenvalue weighted by atomic mass is 32.2. The summed E-state index contributed by atoms with van der Waals surface area (Å²) in [4.78, 5) is 0. The molecule has 0 spiro atoms. The highest BCUT2D eigenvalue weighted by Gasteiger charge is 2.29. The minimum Gasteiger partial charge on any atom is -0.497 e. The number of rotatable bonds is 17. The van der Waals surface area contributed by atoms with E-state index in [1.54, 1.807) is 45.4 Å². The van der Waals surface area contributed by atoms with Gasteiger partial charge in [-0.15, -0.1) is 0 Å². The third-order valence-corrected chi connectivity index (χ3v) is 12.4. The number of H-pyrrole nitrogens is 1. The van der Waals surface area contributed by atoms with Gasteiger partial charge in [0, 0.05) is 38.9 Å². The standard InChI is InChI=1S/C24H31N3O4S.C19H21N3O4S/c1-24(2,3)18-26-15-14-23(25-26)32(28,29)27(16-19-6-10-21(30-4)11-7-19)17-20-8-12-22(31-5)13-9-20;1-25-17-7-3-15(4-8-17)13-22(27(23,24)19-11-12-20-21-19)14-16-5-9-18(26-2)10-6-16/h6-15H,16-18H2,1-5H3;3-12H,13-14H2,1-2H3,(H,20,21). The molecule has 314 valence electrons. The van der Waals surface area contributed by atoms with E-state index in [-0.39, 0.29) is 41.6 Å². The number of sulfonamides is 2. The molecule has 0 aliphatic rings. The molecule has 16 heteroatoms.